The van der Waals surface area contributed by atoms with E-state index in [9.17, 15) is 0 Å². The zero-order chi connectivity index (χ0) is 15.0. The van der Waals surface area contributed by atoms with Gasteiger partial charge in [0.25, 0.3) is 0 Å². The first-order chi connectivity index (χ1) is 10.1. The van der Waals surface area contributed by atoms with Crippen LogP contribution in [0.15, 0.2) is 36.5 Å². The van der Waals surface area contributed by atoms with E-state index in [0.717, 1.165) is 16.6 Å². The number of fused-ring (bicyclic) bond motifs is 1. The average molecular weight is 282 g/mol. The molecule has 0 atom stereocenters. The molecule has 0 unspecified atom stereocenters. The molecule has 0 bridgehead atoms. The van der Waals surface area contributed by atoms with Crippen molar-refractivity contribution in [2.45, 2.75) is 19.8 Å². The Morgan fingerprint density at radius 1 is 1.24 bits per heavy atom. The number of ether oxygens (including phenoxy) is 1. The third kappa shape index (κ3) is 2.42. The maximum atomic E-state index is 6.14. The number of aromatic nitrogens is 3. The Labute approximate surface area is 123 Å². The van der Waals surface area contributed by atoms with Crippen molar-refractivity contribution in [3.8, 4) is 11.6 Å². The molecule has 3 rings (SSSR count). The molecule has 5 nitrogen and oxygen atoms in total. The lowest BCUT2D eigenvalue weighted by atomic mass is 10.1. The zero-order valence-electron chi connectivity index (χ0n) is 12.4. The second kappa shape index (κ2) is 5.09. The van der Waals surface area contributed by atoms with Gasteiger partial charge in [-0.05, 0) is 18.1 Å². The number of hydrogen-bond donors (Lipinski definition) is 1. The summed E-state index contributed by atoms with van der Waals surface area (Å²) in [6.07, 6.45) is 1.70. The van der Waals surface area contributed by atoms with Crippen LogP contribution in [0.4, 0.5) is 5.69 Å². The quantitative estimate of drug-likeness (QED) is 0.798. The van der Waals surface area contributed by atoms with Crippen LogP contribution in [0.3, 0.4) is 0 Å². The average Bonchev–Trinajstić information content (AvgIpc) is 2.75. The highest BCUT2D eigenvalue weighted by atomic mass is 16.5. The van der Waals surface area contributed by atoms with E-state index in [-0.39, 0.29) is 5.92 Å². The molecule has 0 aliphatic rings. The second-order valence-electron chi connectivity index (χ2n) is 5.35. The number of nitrogen functional groups attached to an aromatic ring is 1. The highest BCUT2D eigenvalue weighted by molar-refractivity contribution is 5.79. The molecule has 2 aromatic heterocycles. The fourth-order valence-electron chi connectivity index (χ4n) is 2.31. The summed E-state index contributed by atoms with van der Waals surface area (Å²) >= 11 is 0. The molecule has 2 N–H and O–H groups in total. The van der Waals surface area contributed by atoms with Gasteiger partial charge in [-0.1, -0.05) is 32.0 Å². The van der Waals surface area contributed by atoms with Crippen LogP contribution in [0.5, 0.6) is 11.6 Å². The Morgan fingerprint density at radius 2 is 2.00 bits per heavy atom. The van der Waals surface area contributed by atoms with E-state index in [0.29, 0.717) is 17.3 Å². The molecule has 0 amide bonds. The first-order valence-electron chi connectivity index (χ1n) is 6.91. The van der Waals surface area contributed by atoms with Crippen LogP contribution in [-0.2, 0) is 7.05 Å². The molecule has 21 heavy (non-hydrogen) atoms. The Balaban J connectivity index is 1.98. The van der Waals surface area contributed by atoms with Crippen LogP contribution in [0.1, 0.15) is 25.5 Å². The molecule has 0 radical (unpaired) electrons. The number of pyridine rings is 1. The van der Waals surface area contributed by atoms with Crippen molar-refractivity contribution < 1.29 is 4.74 Å². The number of anilines is 1. The van der Waals surface area contributed by atoms with Gasteiger partial charge in [0.1, 0.15) is 11.4 Å². The van der Waals surface area contributed by atoms with Crippen molar-refractivity contribution in [2.24, 2.45) is 7.05 Å². The van der Waals surface area contributed by atoms with Crippen molar-refractivity contribution in [1.82, 2.24) is 14.8 Å². The highest BCUT2D eigenvalue weighted by Gasteiger charge is 2.17. The van der Waals surface area contributed by atoms with E-state index < -0.39 is 0 Å². The van der Waals surface area contributed by atoms with Gasteiger partial charge in [0, 0.05) is 12.4 Å². The zero-order valence-corrected chi connectivity index (χ0v) is 12.4. The van der Waals surface area contributed by atoms with E-state index in [1.807, 2.05) is 37.4 Å². The summed E-state index contributed by atoms with van der Waals surface area (Å²) in [5.74, 6) is 1.46. The number of aryl methyl sites for hydroxylation is 1. The molecule has 0 spiro atoms. The lowest BCUT2D eigenvalue weighted by Gasteiger charge is -2.07. The van der Waals surface area contributed by atoms with Crippen LogP contribution < -0.4 is 10.5 Å². The first kappa shape index (κ1) is 13.4. The van der Waals surface area contributed by atoms with Crippen LogP contribution in [0.2, 0.25) is 0 Å². The smallest absolute Gasteiger partial charge is 0.241 e. The van der Waals surface area contributed by atoms with Gasteiger partial charge >= 0.3 is 0 Å². The van der Waals surface area contributed by atoms with Crippen LogP contribution in [0.25, 0.3) is 10.9 Å². The SMILES string of the molecule is CC(C)c1nn(C)c(Oc2cnc3ccccc3c2)c1N. The minimum absolute atomic E-state index is 0.253. The second-order valence-corrected chi connectivity index (χ2v) is 5.35. The minimum atomic E-state index is 0.253. The van der Waals surface area contributed by atoms with Crippen molar-refractivity contribution in [3.63, 3.8) is 0 Å². The van der Waals surface area contributed by atoms with Gasteiger partial charge in [0.05, 0.1) is 17.4 Å². The molecule has 0 aliphatic heterocycles. The predicted molar refractivity (Wildman–Crippen MR) is 83.5 cm³/mol. The normalized spacial score (nSPS) is 11.2. The summed E-state index contributed by atoms with van der Waals surface area (Å²) < 4.78 is 7.56. The van der Waals surface area contributed by atoms with E-state index in [4.69, 9.17) is 10.5 Å². The molecule has 5 heteroatoms. The summed E-state index contributed by atoms with van der Waals surface area (Å²) in [5.41, 5.74) is 8.50. The summed E-state index contributed by atoms with van der Waals surface area (Å²) in [6.45, 7) is 4.11. The van der Waals surface area contributed by atoms with Gasteiger partial charge in [-0.25, -0.2) is 4.68 Å². The molecule has 3 aromatic rings. The third-order valence-corrected chi connectivity index (χ3v) is 3.38. The van der Waals surface area contributed by atoms with Crippen molar-refractivity contribution >= 4 is 16.6 Å². The van der Waals surface area contributed by atoms with Crippen molar-refractivity contribution in [3.05, 3.63) is 42.2 Å². The third-order valence-electron chi connectivity index (χ3n) is 3.38. The van der Waals surface area contributed by atoms with E-state index in [1.54, 1.807) is 10.9 Å². The van der Waals surface area contributed by atoms with Crippen molar-refractivity contribution in [2.75, 3.05) is 5.73 Å². The molecular weight excluding hydrogens is 264 g/mol. The highest BCUT2D eigenvalue weighted by Crippen LogP contribution is 2.33. The Hall–Kier alpha value is -2.56. The summed E-state index contributed by atoms with van der Waals surface area (Å²) in [7, 11) is 1.83. The fourth-order valence-corrected chi connectivity index (χ4v) is 2.31. The van der Waals surface area contributed by atoms with Gasteiger partial charge in [-0.2, -0.15) is 5.10 Å². The van der Waals surface area contributed by atoms with E-state index >= 15 is 0 Å². The number of benzene rings is 1. The first-order valence-corrected chi connectivity index (χ1v) is 6.91. The number of rotatable bonds is 3. The summed E-state index contributed by atoms with van der Waals surface area (Å²) in [6, 6.07) is 9.85. The lowest BCUT2D eigenvalue weighted by Crippen LogP contribution is -1.97. The van der Waals surface area contributed by atoms with Crippen LogP contribution >= 0.6 is 0 Å². The van der Waals surface area contributed by atoms with E-state index in [1.165, 1.54) is 0 Å². The Bertz CT molecular complexity index is 792. The van der Waals surface area contributed by atoms with Gasteiger partial charge in [0.2, 0.25) is 5.88 Å². The van der Waals surface area contributed by atoms with Gasteiger partial charge < -0.3 is 10.5 Å². The van der Waals surface area contributed by atoms with Crippen LogP contribution in [0, 0.1) is 0 Å². The van der Waals surface area contributed by atoms with Gasteiger partial charge in [0.15, 0.2) is 0 Å². The molecule has 1 aromatic carbocycles. The predicted octanol–water partition coefficient (Wildman–Crippen LogP) is 3.47. The Kier molecular flexibility index (Phi) is 3.25. The van der Waals surface area contributed by atoms with Crippen molar-refractivity contribution in [1.29, 1.82) is 0 Å². The minimum Gasteiger partial charge on any atom is -0.436 e. The summed E-state index contributed by atoms with van der Waals surface area (Å²) in [4.78, 5) is 4.38. The molecule has 0 saturated carbocycles. The molecule has 0 saturated heterocycles. The number of hydrogen-bond acceptors (Lipinski definition) is 4. The monoisotopic (exact) mass is 282 g/mol. The maximum absolute atomic E-state index is 6.14. The largest absolute Gasteiger partial charge is 0.436 e. The molecule has 0 aliphatic carbocycles. The molecule has 108 valence electrons. The maximum Gasteiger partial charge on any atom is 0.241 e. The topological polar surface area (TPSA) is 66.0 Å². The molecular formula is C16H18N4O. The lowest BCUT2D eigenvalue weighted by molar-refractivity contribution is 0.431. The number of nitrogens with zero attached hydrogens (tertiary/aromatic N) is 3. The molecule has 0 fully saturated rings. The fraction of sp³-hybridized carbons (Fsp3) is 0.250. The standard InChI is InChI=1S/C16H18N4O/c1-10(2)15-14(17)16(20(3)19-15)21-12-8-11-6-4-5-7-13(11)18-9-12/h4-10H,17H2,1-3H3. The van der Waals surface area contributed by atoms with E-state index in [2.05, 4.69) is 23.9 Å². The van der Waals surface area contributed by atoms with Gasteiger partial charge in [-0.3, -0.25) is 4.98 Å². The molecule has 2 heterocycles. The van der Waals surface area contributed by atoms with Crippen LogP contribution in [-0.4, -0.2) is 14.8 Å². The Morgan fingerprint density at radius 3 is 2.71 bits per heavy atom. The summed E-state index contributed by atoms with van der Waals surface area (Å²) in [5, 5.41) is 5.44. The van der Waals surface area contributed by atoms with Gasteiger partial charge in [-0.15, -0.1) is 0 Å². The number of para-hydroxylation sites is 1. The number of nitrogens with two attached hydrogens (primary N) is 1.